The smallest absolute Gasteiger partial charge is 0.242 e. The molecule has 1 aliphatic heterocycles. The van der Waals surface area contributed by atoms with Gasteiger partial charge in [-0.15, -0.1) is 0 Å². The topological polar surface area (TPSA) is 58.2 Å². The van der Waals surface area contributed by atoms with Gasteiger partial charge >= 0.3 is 0 Å². The molecule has 0 amide bonds. The van der Waals surface area contributed by atoms with E-state index in [1.807, 2.05) is 0 Å². The summed E-state index contributed by atoms with van der Waals surface area (Å²) in [5, 5.41) is 3.23. The standard InChI is InChI=1S/C12H16ClFN2O2S/c13-11-4-3-9(14)8-12(11)19(17,18)16-10-2-1-6-15-7-5-10/h3-4,8,10,15-16H,1-2,5-7H2. The second-order valence-corrected chi connectivity index (χ2v) is 6.66. The molecule has 1 aromatic rings. The molecule has 0 spiro atoms. The lowest BCUT2D eigenvalue weighted by Gasteiger charge is -2.16. The van der Waals surface area contributed by atoms with E-state index in [1.54, 1.807) is 0 Å². The van der Waals surface area contributed by atoms with Gasteiger partial charge < -0.3 is 5.32 Å². The van der Waals surface area contributed by atoms with Crippen molar-refractivity contribution >= 4 is 21.6 Å². The molecule has 1 saturated heterocycles. The first kappa shape index (κ1) is 14.7. The minimum absolute atomic E-state index is 0.0284. The molecule has 1 heterocycles. The van der Waals surface area contributed by atoms with Crippen molar-refractivity contribution in [3.8, 4) is 0 Å². The Hall–Kier alpha value is -0.690. The van der Waals surface area contributed by atoms with Crippen LogP contribution in [0.3, 0.4) is 0 Å². The van der Waals surface area contributed by atoms with E-state index in [2.05, 4.69) is 10.0 Å². The summed E-state index contributed by atoms with van der Waals surface area (Å²) in [6.45, 7) is 1.66. The Labute approximate surface area is 117 Å². The van der Waals surface area contributed by atoms with Crippen molar-refractivity contribution in [1.29, 1.82) is 0 Å². The van der Waals surface area contributed by atoms with Crippen LogP contribution in [-0.4, -0.2) is 27.5 Å². The van der Waals surface area contributed by atoms with E-state index in [1.165, 1.54) is 6.07 Å². The number of nitrogens with one attached hydrogen (secondary N) is 2. The van der Waals surface area contributed by atoms with Crippen LogP contribution in [0, 0.1) is 5.82 Å². The predicted molar refractivity (Wildman–Crippen MR) is 72.2 cm³/mol. The summed E-state index contributed by atoms with van der Waals surface area (Å²) in [4.78, 5) is -0.202. The highest BCUT2D eigenvalue weighted by molar-refractivity contribution is 7.89. The van der Waals surface area contributed by atoms with E-state index in [0.29, 0.717) is 6.42 Å². The van der Waals surface area contributed by atoms with Gasteiger partial charge in [-0.1, -0.05) is 11.6 Å². The first-order valence-electron chi connectivity index (χ1n) is 6.17. The fourth-order valence-corrected chi connectivity index (χ4v) is 3.92. The van der Waals surface area contributed by atoms with Crippen molar-refractivity contribution in [3.63, 3.8) is 0 Å². The van der Waals surface area contributed by atoms with Crippen molar-refractivity contribution in [3.05, 3.63) is 29.0 Å². The van der Waals surface area contributed by atoms with E-state index in [9.17, 15) is 12.8 Å². The number of benzene rings is 1. The monoisotopic (exact) mass is 306 g/mol. The fraction of sp³-hybridized carbons (Fsp3) is 0.500. The predicted octanol–water partition coefficient (Wildman–Crippen LogP) is 1.90. The highest BCUT2D eigenvalue weighted by Crippen LogP contribution is 2.23. The minimum Gasteiger partial charge on any atom is -0.317 e. The summed E-state index contributed by atoms with van der Waals surface area (Å²) in [7, 11) is -3.78. The average molecular weight is 307 g/mol. The third-order valence-electron chi connectivity index (χ3n) is 3.08. The molecule has 2 N–H and O–H groups in total. The third-order valence-corrected chi connectivity index (χ3v) is 5.08. The first-order chi connectivity index (χ1) is 8.99. The maximum atomic E-state index is 13.2. The Morgan fingerprint density at radius 1 is 1.32 bits per heavy atom. The zero-order valence-corrected chi connectivity index (χ0v) is 11.9. The van der Waals surface area contributed by atoms with Gasteiger partial charge in [0.15, 0.2) is 0 Å². The second kappa shape index (κ2) is 6.17. The highest BCUT2D eigenvalue weighted by Gasteiger charge is 2.23. The molecule has 0 saturated carbocycles. The molecule has 1 fully saturated rings. The Morgan fingerprint density at radius 3 is 2.89 bits per heavy atom. The van der Waals surface area contributed by atoms with Gasteiger partial charge in [-0.05, 0) is 50.6 Å². The van der Waals surface area contributed by atoms with Crippen LogP contribution in [0.4, 0.5) is 4.39 Å². The molecule has 1 atom stereocenters. The summed E-state index contributed by atoms with van der Waals surface area (Å²) in [5.41, 5.74) is 0. The Morgan fingerprint density at radius 2 is 2.11 bits per heavy atom. The minimum atomic E-state index is -3.78. The van der Waals surface area contributed by atoms with Crippen molar-refractivity contribution in [2.75, 3.05) is 13.1 Å². The average Bonchev–Trinajstić information content (AvgIpc) is 2.60. The molecular formula is C12H16ClFN2O2S. The Balaban J connectivity index is 2.19. The molecular weight excluding hydrogens is 291 g/mol. The lowest BCUT2D eigenvalue weighted by molar-refractivity contribution is 0.517. The molecule has 0 aliphatic carbocycles. The van der Waals surface area contributed by atoms with E-state index < -0.39 is 15.8 Å². The van der Waals surface area contributed by atoms with Gasteiger partial charge in [0.2, 0.25) is 10.0 Å². The zero-order chi connectivity index (χ0) is 13.9. The molecule has 0 bridgehead atoms. The van der Waals surface area contributed by atoms with Gasteiger partial charge in [-0.3, -0.25) is 0 Å². The van der Waals surface area contributed by atoms with E-state index in [0.717, 1.165) is 38.1 Å². The molecule has 106 valence electrons. The molecule has 19 heavy (non-hydrogen) atoms. The second-order valence-electron chi connectivity index (χ2n) is 4.57. The molecule has 1 aliphatic rings. The van der Waals surface area contributed by atoms with Gasteiger partial charge in [0.1, 0.15) is 10.7 Å². The highest BCUT2D eigenvalue weighted by atomic mass is 35.5. The molecule has 1 aromatic carbocycles. The molecule has 0 aromatic heterocycles. The van der Waals surface area contributed by atoms with Crippen LogP contribution in [0.15, 0.2) is 23.1 Å². The lowest BCUT2D eigenvalue weighted by atomic mass is 10.1. The summed E-state index contributed by atoms with van der Waals surface area (Å²) >= 11 is 5.83. The summed E-state index contributed by atoms with van der Waals surface area (Å²) < 4.78 is 40.2. The van der Waals surface area contributed by atoms with Crippen LogP contribution in [0.2, 0.25) is 5.02 Å². The normalized spacial score (nSPS) is 21.1. The lowest BCUT2D eigenvalue weighted by Crippen LogP contribution is -2.35. The van der Waals surface area contributed by atoms with E-state index in [-0.39, 0.29) is 16.0 Å². The Bertz CT molecular complexity index is 543. The number of hydrogen-bond acceptors (Lipinski definition) is 3. The van der Waals surface area contributed by atoms with Gasteiger partial charge in [0.05, 0.1) is 5.02 Å². The summed E-state index contributed by atoms with van der Waals surface area (Å²) in [5.74, 6) is -0.618. The zero-order valence-electron chi connectivity index (χ0n) is 10.3. The van der Waals surface area contributed by atoms with Crippen LogP contribution < -0.4 is 10.0 Å². The molecule has 2 rings (SSSR count). The van der Waals surface area contributed by atoms with Crippen molar-refractivity contribution in [1.82, 2.24) is 10.0 Å². The third kappa shape index (κ3) is 3.89. The van der Waals surface area contributed by atoms with Crippen LogP contribution in [0.25, 0.3) is 0 Å². The van der Waals surface area contributed by atoms with Gasteiger partial charge in [-0.2, -0.15) is 0 Å². The van der Waals surface area contributed by atoms with Crippen molar-refractivity contribution in [2.45, 2.75) is 30.2 Å². The van der Waals surface area contributed by atoms with Crippen molar-refractivity contribution < 1.29 is 12.8 Å². The quantitative estimate of drug-likeness (QED) is 0.897. The van der Waals surface area contributed by atoms with Crippen molar-refractivity contribution in [2.24, 2.45) is 0 Å². The summed E-state index contributed by atoms with van der Waals surface area (Å²) in [6.07, 6.45) is 2.38. The maximum absolute atomic E-state index is 13.2. The van der Waals surface area contributed by atoms with Gasteiger partial charge in [0.25, 0.3) is 0 Å². The fourth-order valence-electron chi connectivity index (χ4n) is 2.10. The number of halogens is 2. The van der Waals surface area contributed by atoms with Gasteiger partial charge in [0, 0.05) is 6.04 Å². The van der Waals surface area contributed by atoms with Crippen LogP contribution in [0.5, 0.6) is 0 Å². The SMILES string of the molecule is O=S(=O)(NC1CCCNCC1)c1cc(F)ccc1Cl. The molecule has 1 unspecified atom stereocenters. The van der Waals surface area contributed by atoms with E-state index in [4.69, 9.17) is 11.6 Å². The largest absolute Gasteiger partial charge is 0.317 e. The van der Waals surface area contributed by atoms with Crippen LogP contribution in [-0.2, 0) is 10.0 Å². The first-order valence-corrected chi connectivity index (χ1v) is 8.03. The molecule has 0 radical (unpaired) electrons. The maximum Gasteiger partial charge on any atom is 0.242 e. The Kier molecular flexibility index (Phi) is 4.78. The molecule has 7 heteroatoms. The summed E-state index contributed by atoms with van der Waals surface area (Å²) in [6, 6.07) is 3.19. The number of hydrogen-bond donors (Lipinski definition) is 2. The van der Waals surface area contributed by atoms with Crippen LogP contribution >= 0.6 is 11.6 Å². The number of rotatable bonds is 3. The van der Waals surface area contributed by atoms with E-state index >= 15 is 0 Å². The van der Waals surface area contributed by atoms with Crippen LogP contribution in [0.1, 0.15) is 19.3 Å². The molecule has 4 nitrogen and oxygen atoms in total. The number of sulfonamides is 1. The van der Waals surface area contributed by atoms with Gasteiger partial charge in [-0.25, -0.2) is 17.5 Å².